The van der Waals surface area contributed by atoms with Crippen molar-refractivity contribution >= 4 is 5.52 Å². The van der Waals surface area contributed by atoms with Crippen molar-refractivity contribution in [1.82, 2.24) is 28.6 Å². The minimum Gasteiger partial charge on any atom is -0.320 e. The molecule has 1 aliphatic heterocycles. The summed E-state index contributed by atoms with van der Waals surface area (Å²) in [5.41, 5.74) is 0.173. The van der Waals surface area contributed by atoms with Crippen molar-refractivity contribution in [2.24, 2.45) is 13.0 Å². The third kappa shape index (κ3) is 4.88. The van der Waals surface area contributed by atoms with E-state index in [-0.39, 0.29) is 18.0 Å². The SMILES string of the molecule is Cn1cnnc1[C@@H](c1cccc(-n2cc3c(C(F)(F)F)cc(CN4CCC(F)CC4)cn3c2=O)c1)C1CCC1. The smallest absolute Gasteiger partial charge is 0.320 e. The van der Waals surface area contributed by atoms with Gasteiger partial charge in [0, 0.05) is 45.0 Å². The Labute approximate surface area is 222 Å². The number of hydrogen-bond donors (Lipinski definition) is 0. The number of benzene rings is 1. The molecule has 0 N–H and O–H groups in total. The first kappa shape index (κ1) is 25.8. The third-order valence-electron chi connectivity index (χ3n) is 8.21. The molecule has 1 atom stereocenters. The van der Waals surface area contributed by atoms with Crippen molar-refractivity contribution < 1.29 is 17.6 Å². The van der Waals surface area contributed by atoms with E-state index in [4.69, 9.17) is 0 Å². The fraction of sp³-hybridized carbons (Fsp3) is 0.464. The first-order valence-electron chi connectivity index (χ1n) is 13.3. The predicted octanol–water partition coefficient (Wildman–Crippen LogP) is 5.10. The van der Waals surface area contributed by atoms with E-state index >= 15 is 0 Å². The quantitative estimate of drug-likeness (QED) is 0.318. The lowest BCUT2D eigenvalue weighted by Gasteiger charge is -2.33. The summed E-state index contributed by atoms with van der Waals surface area (Å²) in [7, 11) is 1.89. The van der Waals surface area contributed by atoms with Crippen molar-refractivity contribution in [3.8, 4) is 5.69 Å². The average Bonchev–Trinajstić information content (AvgIpc) is 3.44. The second-order valence-electron chi connectivity index (χ2n) is 10.8. The first-order valence-corrected chi connectivity index (χ1v) is 13.3. The second-order valence-corrected chi connectivity index (χ2v) is 10.8. The summed E-state index contributed by atoms with van der Waals surface area (Å²) >= 11 is 0. The molecule has 0 radical (unpaired) electrons. The Morgan fingerprint density at radius 1 is 1.08 bits per heavy atom. The Morgan fingerprint density at radius 2 is 1.85 bits per heavy atom. The molecule has 2 fully saturated rings. The molecule has 0 amide bonds. The molecule has 1 saturated carbocycles. The number of imidazole rings is 1. The van der Waals surface area contributed by atoms with Crippen molar-refractivity contribution in [2.45, 2.75) is 56.9 Å². The molecule has 0 unspecified atom stereocenters. The van der Waals surface area contributed by atoms with Gasteiger partial charge in [-0.1, -0.05) is 18.6 Å². The highest BCUT2D eigenvalue weighted by molar-refractivity contribution is 5.58. The molecular weight excluding hydrogens is 512 g/mol. The zero-order valence-corrected chi connectivity index (χ0v) is 21.6. The normalized spacial score (nSPS) is 18.5. The summed E-state index contributed by atoms with van der Waals surface area (Å²) in [4.78, 5) is 15.5. The molecule has 0 spiro atoms. The number of nitrogens with zero attached hydrogens (tertiary/aromatic N) is 6. The van der Waals surface area contributed by atoms with Crippen molar-refractivity contribution in [3.63, 3.8) is 0 Å². The number of rotatable bonds is 6. The topological polar surface area (TPSA) is 60.4 Å². The van der Waals surface area contributed by atoms with E-state index in [0.717, 1.165) is 41.1 Å². The molecular formula is C28H30F4N6O. The maximum Gasteiger partial charge on any atom is 0.418 e. The summed E-state index contributed by atoms with van der Waals surface area (Å²) < 4.78 is 60.3. The number of aryl methyl sites for hydroxylation is 1. The predicted molar refractivity (Wildman–Crippen MR) is 138 cm³/mol. The molecule has 206 valence electrons. The standard InChI is InChI=1S/C28H30F4N6O/c1-35-17-33-34-26(35)25(19-4-2-5-19)20-6-3-7-22(13-20)37-16-24-23(28(30,31)32)12-18(15-38(24)27(37)39)14-36-10-8-21(29)9-11-36/h3,6-7,12-13,15-17,19,21,25H,2,4-5,8-11,14H2,1H3/t25-/m1/s1. The molecule has 1 aliphatic carbocycles. The van der Waals surface area contributed by atoms with Crippen LogP contribution in [-0.2, 0) is 19.8 Å². The van der Waals surface area contributed by atoms with Crippen LogP contribution in [0.2, 0.25) is 0 Å². The zero-order chi connectivity index (χ0) is 27.3. The third-order valence-corrected chi connectivity index (χ3v) is 8.21. The van der Waals surface area contributed by atoms with Crippen LogP contribution < -0.4 is 5.69 Å². The number of aromatic nitrogens is 5. The number of piperidine rings is 1. The van der Waals surface area contributed by atoms with Crippen molar-refractivity contribution in [3.05, 3.63) is 82.1 Å². The highest BCUT2D eigenvalue weighted by atomic mass is 19.4. The fourth-order valence-electron chi connectivity index (χ4n) is 5.91. The number of likely N-dealkylation sites (tertiary alicyclic amines) is 1. The number of alkyl halides is 4. The number of halogens is 4. The maximum absolute atomic E-state index is 14.2. The van der Waals surface area contributed by atoms with Gasteiger partial charge in [-0.15, -0.1) is 10.2 Å². The molecule has 3 aromatic heterocycles. The van der Waals surface area contributed by atoms with E-state index in [1.165, 1.54) is 17.0 Å². The Bertz CT molecular complexity index is 1540. The molecule has 7 nitrogen and oxygen atoms in total. The van der Waals surface area contributed by atoms with Gasteiger partial charge in [-0.25, -0.2) is 9.18 Å². The van der Waals surface area contributed by atoms with Crippen LogP contribution in [0.1, 0.15) is 60.5 Å². The van der Waals surface area contributed by atoms with E-state index < -0.39 is 23.6 Å². The van der Waals surface area contributed by atoms with Crippen LogP contribution in [0.4, 0.5) is 17.6 Å². The fourth-order valence-corrected chi connectivity index (χ4v) is 5.91. The maximum atomic E-state index is 14.2. The molecule has 4 heterocycles. The summed E-state index contributed by atoms with van der Waals surface area (Å²) in [5.74, 6) is 1.19. The van der Waals surface area contributed by atoms with Crippen LogP contribution in [0.15, 0.2) is 53.8 Å². The monoisotopic (exact) mass is 542 g/mol. The molecule has 39 heavy (non-hydrogen) atoms. The second kappa shape index (κ2) is 9.93. The minimum absolute atomic E-state index is 0.0234. The summed E-state index contributed by atoms with van der Waals surface area (Å²) in [6.07, 6.45) is 2.84. The van der Waals surface area contributed by atoms with Crippen molar-refractivity contribution in [2.75, 3.05) is 13.1 Å². The van der Waals surface area contributed by atoms with Crippen LogP contribution in [-0.4, -0.2) is 47.9 Å². The number of hydrogen-bond acceptors (Lipinski definition) is 4. The lowest BCUT2D eigenvalue weighted by molar-refractivity contribution is -0.136. The van der Waals surface area contributed by atoms with E-state index in [1.807, 2.05) is 34.7 Å². The highest BCUT2D eigenvalue weighted by Gasteiger charge is 2.35. The van der Waals surface area contributed by atoms with Gasteiger partial charge in [0.05, 0.1) is 16.8 Å². The van der Waals surface area contributed by atoms with Gasteiger partial charge in [0.1, 0.15) is 18.3 Å². The van der Waals surface area contributed by atoms with Crippen LogP contribution in [0.25, 0.3) is 11.2 Å². The van der Waals surface area contributed by atoms with E-state index in [9.17, 15) is 22.4 Å². The summed E-state index contributed by atoms with van der Waals surface area (Å²) in [6, 6.07) is 8.51. The van der Waals surface area contributed by atoms with Gasteiger partial charge in [-0.05, 0) is 60.9 Å². The molecule has 1 saturated heterocycles. The summed E-state index contributed by atoms with van der Waals surface area (Å²) in [6.45, 7) is 1.16. The van der Waals surface area contributed by atoms with Crippen LogP contribution in [0.3, 0.4) is 0 Å². The Balaban J connectivity index is 1.41. The molecule has 2 aliphatic rings. The van der Waals surface area contributed by atoms with Gasteiger partial charge in [0.15, 0.2) is 0 Å². The van der Waals surface area contributed by atoms with E-state index in [2.05, 4.69) is 10.2 Å². The molecule has 6 rings (SSSR count). The van der Waals surface area contributed by atoms with Gasteiger partial charge in [-0.2, -0.15) is 13.2 Å². The van der Waals surface area contributed by atoms with Gasteiger partial charge < -0.3 is 4.57 Å². The highest BCUT2D eigenvalue weighted by Crippen LogP contribution is 2.43. The van der Waals surface area contributed by atoms with Crippen molar-refractivity contribution in [1.29, 1.82) is 0 Å². The molecule has 1 aromatic carbocycles. The van der Waals surface area contributed by atoms with Gasteiger partial charge >= 0.3 is 11.9 Å². The zero-order valence-electron chi connectivity index (χ0n) is 21.6. The summed E-state index contributed by atoms with van der Waals surface area (Å²) in [5, 5.41) is 8.39. The Morgan fingerprint density at radius 3 is 2.49 bits per heavy atom. The average molecular weight is 543 g/mol. The van der Waals surface area contributed by atoms with Gasteiger partial charge in [0.25, 0.3) is 0 Å². The van der Waals surface area contributed by atoms with Crippen LogP contribution in [0, 0.1) is 5.92 Å². The lowest BCUT2D eigenvalue weighted by atomic mass is 9.72. The number of fused-ring (bicyclic) bond motifs is 1. The molecule has 4 aromatic rings. The van der Waals surface area contributed by atoms with Crippen LogP contribution >= 0.6 is 0 Å². The van der Waals surface area contributed by atoms with E-state index in [1.54, 1.807) is 12.4 Å². The largest absolute Gasteiger partial charge is 0.418 e. The lowest BCUT2D eigenvalue weighted by Crippen LogP contribution is -2.34. The van der Waals surface area contributed by atoms with Gasteiger partial charge in [0.2, 0.25) is 0 Å². The Hall–Kier alpha value is -3.47. The van der Waals surface area contributed by atoms with E-state index in [0.29, 0.717) is 43.1 Å². The van der Waals surface area contributed by atoms with Crippen LogP contribution in [0.5, 0.6) is 0 Å². The molecule has 11 heteroatoms. The minimum atomic E-state index is -4.64. The molecule has 0 bridgehead atoms. The van der Waals surface area contributed by atoms with Gasteiger partial charge in [-0.3, -0.25) is 13.9 Å². The Kier molecular flexibility index (Phi) is 6.57. The number of pyridine rings is 1. The first-order chi connectivity index (χ1) is 18.7.